The number of aliphatic carboxylic acids is 1. The summed E-state index contributed by atoms with van der Waals surface area (Å²) >= 11 is 0. The summed E-state index contributed by atoms with van der Waals surface area (Å²) in [6, 6.07) is 0. The fourth-order valence-electron chi connectivity index (χ4n) is 0.867. The Balaban J connectivity index is 2.08. The maximum absolute atomic E-state index is 9.98. The van der Waals surface area contributed by atoms with Crippen LogP contribution in [0.2, 0.25) is 0 Å². The lowest BCUT2D eigenvalue weighted by atomic mass is 10.2. The molecule has 0 bridgehead atoms. The molecule has 56 valence electrons. The predicted octanol–water partition coefficient (Wildman–Crippen LogP) is 0.333. The molecule has 1 saturated heterocycles. The highest BCUT2D eigenvalue weighted by Crippen LogP contribution is 2.03. The first kappa shape index (κ1) is 7.28. The van der Waals surface area contributed by atoms with Crippen molar-refractivity contribution in [2.75, 3.05) is 19.6 Å². The van der Waals surface area contributed by atoms with Crippen LogP contribution in [0.5, 0.6) is 0 Å². The van der Waals surface area contributed by atoms with Crippen LogP contribution >= 0.6 is 0 Å². The first-order valence-corrected chi connectivity index (χ1v) is 3.41. The zero-order valence-corrected chi connectivity index (χ0v) is 5.79. The van der Waals surface area contributed by atoms with E-state index in [1.165, 1.54) is 12.5 Å². The van der Waals surface area contributed by atoms with Crippen molar-refractivity contribution in [3.63, 3.8) is 0 Å². The SMILES string of the molecule is O=C(O)/C=C/CN1CCC1. The van der Waals surface area contributed by atoms with Crippen molar-refractivity contribution >= 4 is 5.97 Å². The van der Waals surface area contributed by atoms with Crippen LogP contribution in [0.1, 0.15) is 6.42 Å². The van der Waals surface area contributed by atoms with Gasteiger partial charge < -0.3 is 5.11 Å². The predicted molar refractivity (Wildman–Crippen MR) is 37.8 cm³/mol. The van der Waals surface area contributed by atoms with Gasteiger partial charge in [-0.1, -0.05) is 6.08 Å². The van der Waals surface area contributed by atoms with Gasteiger partial charge in [-0.25, -0.2) is 4.79 Å². The number of rotatable bonds is 3. The van der Waals surface area contributed by atoms with Gasteiger partial charge in [-0.2, -0.15) is 0 Å². The Bertz CT molecular complexity index is 150. The van der Waals surface area contributed by atoms with E-state index < -0.39 is 5.97 Å². The number of hydrogen-bond donors (Lipinski definition) is 1. The van der Waals surface area contributed by atoms with Gasteiger partial charge in [0.15, 0.2) is 0 Å². The minimum atomic E-state index is -0.861. The molecule has 0 saturated carbocycles. The van der Waals surface area contributed by atoms with Gasteiger partial charge in [-0.15, -0.1) is 0 Å². The molecular formula is C7H11NO2. The van der Waals surface area contributed by atoms with E-state index in [9.17, 15) is 4.79 Å². The molecule has 0 aliphatic carbocycles. The van der Waals surface area contributed by atoms with Crippen molar-refractivity contribution in [2.24, 2.45) is 0 Å². The smallest absolute Gasteiger partial charge is 0.328 e. The van der Waals surface area contributed by atoms with Crippen LogP contribution in [0, 0.1) is 0 Å². The van der Waals surface area contributed by atoms with Crippen molar-refractivity contribution in [1.82, 2.24) is 4.90 Å². The Kier molecular flexibility index (Phi) is 2.45. The molecule has 0 amide bonds. The third-order valence-electron chi connectivity index (χ3n) is 1.57. The summed E-state index contributed by atoms with van der Waals surface area (Å²) in [7, 11) is 0. The molecular weight excluding hydrogens is 130 g/mol. The van der Waals surface area contributed by atoms with E-state index in [0.717, 1.165) is 19.6 Å². The van der Waals surface area contributed by atoms with E-state index in [2.05, 4.69) is 4.90 Å². The van der Waals surface area contributed by atoms with E-state index >= 15 is 0 Å². The molecule has 1 fully saturated rings. The van der Waals surface area contributed by atoms with Crippen LogP contribution in [0.25, 0.3) is 0 Å². The number of nitrogens with zero attached hydrogens (tertiary/aromatic N) is 1. The normalized spacial score (nSPS) is 19.2. The quantitative estimate of drug-likeness (QED) is 0.576. The van der Waals surface area contributed by atoms with Gasteiger partial charge in [0.1, 0.15) is 0 Å². The zero-order chi connectivity index (χ0) is 7.40. The Morgan fingerprint density at radius 3 is 2.70 bits per heavy atom. The maximum atomic E-state index is 9.98. The minimum Gasteiger partial charge on any atom is -0.478 e. The molecule has 3 nitrogen and oxygen atoms in total. The Morgan fingerprint density at radius 2 is 2.30 bits per heavy atom. The largest absolute Gasteiger partial charge is 0.478 e. The monoisotopic (exact) mass is 141 g/mol. The fourth-order valence-corrected chi connectivity index (χ4v) is 0.867. The fraction of sp³-hybridized carbons (Fsp3) is 0.571. The lowest BCUT2D eigenvalue weighted by Gasteiger charge is -2.29. The van der Waals surface area contributed by atoms with Gasteiger partial charge in [0.25, 0.3) is 0 Å². The molecule has 0 spiro atoms. The van der Waals surface area contributed by atoms with Gasteiger partial charge >= 0.3 is 5.97 Å². The average Bonchev–Trinajstić information content (AvgIpc) is 1.75. The molecule has 0 aromatic heterocycles. The molecule has 0 aromatic rings. The van der Waals surface area contributed by atoms with Crippen molar-refractivity contribution in [3.8, 4) is 0 Å². The van der Waals surface area contributed by atoms with Crippen LogP contribution in [0.3, 0.4) is 0 Å². The van der Waals surface area contributed by atoms with E-state index in [-0.39, 0.29) is 0 Å². The van der Waals surface area contributed by atoms with E-state index in [4.69, 9.17) is 5.11 Å². The van der Waals surface area contributed by atoms with Gasteiger partial charge in [0.2, 0.25) is 0 Å². The number of carbonyl (C=O) groups is 1. The van der Waals surface area contributed by atoms with Crippen LogP contribution in [0.15, 0.2) is 12.2 Å². The van der Waals surface area contributed by atoms with E-state index in [1.54, 1.807) is 6.08 Å². The molecule has 3 heteroatoms. The number of carboxylic acid groups (broad SMARTS) is 1. The second-order valence-electron chi connectivity index (χ2n) is 2.39. The summed E-state index contributed by atoms with van der Waals surface area (Å²) in [5.74, 6) is -0.861. The van der Waals surface area contributed by atoms with Gasteiger partial charge in [-0.3, -0.25) is 4.90 Å². The summed E-state index contributed by atoms with van der Waals surface area (Å²) in [5, 5.41) is 8.21. The molecule has 1 N–H and O–H groups in total. The van der Waals surface area contributed by atoms with Crippen LogP contribution < -0.4 is 0 Å². The van der Waals surface area contributed by atoms with Gasteiger partial charge in [0.05, 0.1) is 0 Å². The molecule has 10 heavy (non-hydrogen) atoms. The van der Waals surface area contributed by atoms with Crippen molar-refractivity contribution in [2.45, 2.75) is 6.42 Å². The molecule has 0 radical (unpaired) electrons. The lowest BCUT2D eigenvalue weighted by Crippen LogP contribution is -2.36. The van der Waals surface area contributed by atoms with Crippen LogP contribution in [-0.4, -0.2) is 35.6 Å². The Labute approximate surface area is 59.9 Å². The molecule has 1 heterocycles. The minimum absolute atomic E-state index is 0.784. The summed E-state index contributed by atoms with van der Waals surface area (Å²) in [6.07, 6.45) is 4.13. The maximum Gasteiger partial charge on any atom is 0.328 e. The Hall–Kier alpha value is -0.830. The highest BCUT2D eigenvalue weighted by molar-refractivity contribution is 5.79. The number of carboxylic acids is 1. The molecule has 0 atom stereocenters. The summed E-state index contributed by atoms with van der Waals surface area (Å²) < 4.78 is 0. The van der Waals surface area contributed by atoms with Gasteiger partial charge in [-0.05, 0) is 19.5 Å². The lowest BCUT2D eigenvalue weighted by molar-refractivity contribution is -0.131. The highest BCUT2D eigenvalue weighted by atomic mass is 16.4. The molecule has 0 unspecified atom stereocenters. The second-order valence-corrected chi connectivity index (χ2v) is 2.39. The van der Waals surface area contributed by atoms with Crippen molar-refractivity contribution in [1.29, 1.82) is 0 Å². The average molecular weight is 141 g/mol. The van der Waals surface area contributed by atoms with Crippen molar-refractivity contribution < 1.29 is 9.90 Å². The third-order valence-corrected chi connectivity index (χ3v) is 1.57. The number of hydrogen-bond acceptors (Lipinski definition) is 2. The Morgan fingerprint density at radius 1 is 1.60 bits per heavy atom. The second kappa shape index (κ2) is 3.37. The summed E-state index contributed by atoms with van der Waals surface area (Å²) in [4.78, 5) is 12.2. The molecule has 1 rings (SSSR count). The molecule has 0 aromatic carbocycles. The van der Waals surface area contributed by atoms with E-state index in [1.807, 2.05) is 0 Å². The topological polar surface area (TPSA) is 40.5 Å². The first-order chi connectivity index (χ1) is 4.79. The number of likely N-dealkylation sites (tertiary alicyclic amines) is 1. The molecule has 1 aliphatic heterocycles. The summed E-state index contributed by atoms with van der Waals surface area (Å²) in [5.41, 5.74) is 0. The standard InChI is InChI=1S/C7H11NO2/c9-7(10)3-1-4-8-5-2-6-8/h1,3H,2,4-6H2,(H,9,10)/b3-1+. The zero-order valence-electron chi connectivity index (χ0n) is 5.79. The summed E-state index contributed by atoms with van der Waals surface area (Å²) in [6.45, 7) is 3.01. The van der Waals surface area contributed by atoms with Crippen LogP contribution in [0.4, 0.5) is 0 Å². The van der Waals surface area contributed by atoms with Gasteiger partial charge in [0, 0.05) is 12.6 Å². The molecule has 1 aliphatic rings. The third kappa shape index (κ3) is 2.19. The highest BCUT2D eigenvalue weighted by Gasteiger charge is 2.10. The first-order valence-electron chi connectivity index (χ1n) is 3.41. The van der Waals surface area contributed by atoms with Crippen LogP contribution in [-0.2, 0) is 4.79 Å². The van der Waals surface area contributed by atoms with Crippen molar-refractivity contribution in [3.05, 3.63) is 12.2 Å². The van der Waals surface area contributed by atoms with E-state index in [0.29, 0.717) is 0 Å².